The Morgan fingerprint density at radius 2 is 2.18 bits per heavy atom. The maximum absolute atomic E-state index is 11.8. The molecule has 0 unspecified atom stereocenters. The van der Waals surface area contributed by atoms with Crippen LogP contribution in [-0.4, -0.2) is 9.78 Å². The first-order chi connectivity index (χ1) is 8.22. The number of halogens is 1. The van der Waals surface area contributed by atoms with E-state index in [1.54, 1.807) is 10.7 Å². The number of nitrogens with zero attached hydrogens (tertiary/aromatic N) is 1. The third-order valence-corrected chi connectivity index (χ3v) is 3.29. The third-order valence-electron chi connectivity index (χ3n) is 3.06. The quantitative estimate of drug-likeness (QED) is 0.891. The molecule has 0 spiro atoms. The molecule has 1 fully saturated rings. The van der Waals surface area contributed by atoms with Crippen molar-refractivity contribution < 1.29 is 0 Å². The first-order valence-corrected chi connectivity index (χ1v) is 6.14. The van der Waals surface area contributed by atoms with E-state index in [9.17, 15) is 4.79 Å². The number of hydrogen-bond donors (Lipinski definition) is 1. The Bertz CT molecular complexity index is 595. The Labute approximate surface area is 104 Å². The summed E-state index contributed by atoms with van der Waals surface area (Å²) in [4.78, 5) is 11.8. The molecule has 1 aromatic heterocycles. The zero-order valence-electron chi connectivity index (χ0n) is 9.32. The molecule has 0 saturated heterocycles. The fourth-order valence-corrected chi connectivity index (χ4v) is 2.21. The average molecular weight is 249 g/mol. The van der Waals surface area contributed by atoms with Crippen LogP contribution >= 0.6 is 11.6 Å². The molecule has 1 heterocycles. The molecule has 3 rings (SSSR count). The third kappa shape index (κ3) is 2.29. The molecule has 1 N–H and O–H groups in total. The predicted molar refractivity (Wildman–Crippen MR) is 67.6 cm³/mol. The summed E-state index contributed by atoms with van der Waals surface area (Å²) in [5, 5.41) is 3.87. The summed E-state index contributed by atoms with van der Waals surface area (Å²) in [6.07, 6.45) is 2.38. The molecule has 1 saturated carbocycles. The lowest BCUT2D eigenvalue weighted by atomic mass is 10.2. The van der Waals surface area contributed by atoms with Gasteiger partial charge in [0.15, 0.2) is 0 Å². The number of aromatic nitrogens is 2. The number of benzene rings is 1. The summed E-state index contributed by atoms with van der Waals surface area (Å²) in [6, 6.07) is 9.29. The minimum Gasteiger partial charge on any atom is -0.299 e. The number of rotatable bonds is 3. The average Bonchev–Trinajstić information content (AvgIpc) is 3.06. The Kier molecular flexibility index (Phi) is 2.56. The first-order valence-electron chi connectivity index (χ1n) is 5.76. The molecule has 17 heavy (non-hydrogen) atoms. The minimum absolute atomic E-state index is 0.0341. The van der Waals surface area contributed by atoms with Gasteiger partial charge >= 0.3 is 0 Å². The maximum atomic E-state index is 11.8. The summed E-state index contributed by atoms with van der Waals surface area (Å²) in [7, 11) is 0. The van der Waals surface area contributed by atoms with Gasteiger partial charge in [-0.25, -0.2) is 4.68 Å². The van der Waals surface area contributed by atoms with Crippen LogP contribution < -0.4 is 5.56 Å². The van der Waals surface area contributed by atoms with E-state index in [0.717, 1.165) is 11.3 Å². The minimum atomic E-state index is 0.0341. The smallest absolute Gasteiger partial charge is 0.267 e. The molecule has 1 aliphatic rings. The van der Waals surface area contributed by atoms with Crippen LogP contribution in [-0.2, 0) is 6.54 Å². The predicted octanol–water partition coefficient (Wildman–Crippen LogP) is 2.76. The number of H-pyrrole nitrogens is 1. The van der Waals surface area contributed by atoms with E-state index >= 15 is 0 Å². The summed E-state index contributed by atoms with van der Waals surface area (Å²) < 4.78 is 1.64. The molecule has 1 aromatic carbocycles. The zero-order chi connectivity index (χ0) is 11.8. The molecule has 0 bridgehead atoms. The van der Waals surface area contributed by atoms with E-state index in [1.807, 2.05) is 24.3 Å². The molecule has 88 valence electrons. The summed E-state index contributed by atoms with van der Waals surface area (Å²) in [6.45, 7) is 0.548. The molecule has 0 amide bonds. The van der Waals surface area contributed by atoms with Crippen LogP contribution in [0.15, 0.2) is 35.1 Å². The summed E-state index contributed by atoms with van der Waals surface area (Å²) in [5.41, 5.74) is 2.13. The van der Waals surface area contributed by atoms with Crippen molar-refractivity contribution in [2.75, 3.05) is 0 Å². The standard InChI is InChI=1S/C13H13ClN2O/c14-11-3-1-2-9(6-11)8-16-13(17)7-12(15-16)10-4-5-10/h1-3,6-7,10,15H,4-5,8H2. The van der Waals surface area contributed by atoms with Crippen LogP contribution in [0.1, 0.15) is 30.0 Å². The summed E-state index contributed by atoms with van der Waals surface area (Å²) >= 11 is 5.92. The molecule has 0 aliphatic heterocycles. The van der Waals surface area contributed by atoms with Gasteiger partial charge in [-0.3, -0.25) is 9.89 Å². The van der Waals surface area contributed by atoms with Gasteiger partial charge in [-0.15, -0.1) is 0 Å². The Morgan fingerprint density at radius 3 is 2.88 bits per heavy atom. The van der Waals surface area contributed by atoms with Gasteiger partial charge in [-0.05, 0) is 30.5 Å². The van der Waals surface area contributed by atoms with Gasteiger partial charge in [-0.1, -0.05) is 23.7 Å². The van der Waals surface area contributed by atoms with E-state index in [4.69, 9.17) is 11.6 Å². The Morgan fingerprint density at radius 1 is 1.35 bits per heavy atom. The van der Waals surface area contributed by atoms with Crippen LogP contribution in [0, 0.1) is 0 Å². The van der Waals surface area contributed by atoms with Crippen LogP contribution in [0.25, 0.3) is 0 Å². The van der Waals surface area contributed by atoms with Crippen molar-refractivity contribution in [3.63, 3.8) is 0 Å². The highest BCUT2D eigenvalue weighted by molar-refractivity contribution is 6.30. The highest BCUT2D eigenvalue weighted by Gasteiger charge is 2.25. The zero-order valence-corrected chi connectivity index (χ0v) is 10.1. The number of aromatic amines is 1. The van der Waals surface area contributed by atoms with Crippen molar-refractivity contribution in [2.24, 2.45) is 0 Å². The topological polar surface area (TPSA) is 37.8 Å². The molecule has 1 aliphatic carbocycles. The lowest BCUT2D eigenvalue weighted by Crippen LogP contribution is -2.16. The normalized spacial score (nSPS) is 15.1. The lowest BCUT2D eigenvalue weighted by Gasteiger charge is -2.03. The van der Waals surface area contributed by atoms with Gasteiger partial charge < -0.3 is 0 Å². The van der Waals surface area contributed by atoms with Crippen molar-refractivity contribution in [1.29, 1.82) is 0 Å². The summed E-state index contributed by atoms with van der Waals surface area (Å²) in [5.74, 6) is 0.573. The fraction of sp³-hybridized carbons (Fsp3) is 0.308. The van der Waals surface area contributed by atoms with Crippen molar-refractivity contribution in [3.8, 4) is 0 Å². The molecular weight excluding hydrogens is 236 g/mol. The second-order valence-corrected chi connectivity index (χ2v) is 4.98. The van der Waals surface area contributed by atoms with Crippen LogP contribution in [0.5, 0.6) is 0 Å². The van der Waals surface area contributed by atoms with Crippen LogP contribution in [0.3, 0.4) is 0 Å². The highest BCUT2D eigenvalue weighted by Crippen LogP contribution is 2.38. The molecule has 3 nitrogen and oxygen atoms in total. The van der Waals surface area contributed by atoms with Crippen molar-refractivity contribution in [1.82, 2.24) is 9.78 Å². The van der Waals surface area contributed by atoms with Crippen molar-refractivity contribution in [2.45, 2.75) is 25.3 Å². The fourth-order valence-electron chi connectivity index (χ4n) is 1.99. The molecule has 0 atom stereocenters. The van der Waals surface area contributed by atoms with E-state index < -0.39 is 0 Å². The van der Waals surface area contributed by atoms with E-state index in [-0.39, 0.29) is 5.56 Å². The Balaban J connectivity index is 1.87. The second-order valence-electron chi connectivity index (χ2n) is 4.54. The largest absolute Gasteiger partial charge is 0.299 e. The van der Waals surface area contributed by atoms with Gasteiger partial charge in [0.1, 0.15) is 0 Å². The first kappa shape index (κ1) is 10.7. The van der Waals surface area contributed by atoms with Gasteiger partial charge in [-0.2, -0.15) is 0 Å². The van der Waals surface area contributed by atoms with E-state index in [0.29, 0.717) is 17.5 Å². The Hall–Kier alpha value is -1.48. The van der Waals surface area contributed by atoms with E-state index in [2.05, 4.69) is 5.10 Å². The van der Waals surface area contributed by atoms with Gasteiger partial charge in [0.25, 0.3) is 5.56 Å². The van der Waals surface area contributed by atoms with Crippen molar-refractivity contribution >= 4 is 11.6 Å². The molecule has 0 radical (unpaired) electrons. The lowest BCUT2D eigenvalue weighted by molar-refractivity contribution is 0.652. The maximum Gasteiger partial charge on any atom is 0.267 e. The van der Waals surface area contributed by atoms with E-state index in [1.165, 1.54) is 12.8 Å². The van der Waals surface area contributed by atoms with Gasteiger partial charge in [0.2, 0.25) is 0 Å². The van der Waals surface area contributed by atoms with Gasteiger partial charge in [0.05, 0.1) is 6.54 Å². The van der Waals surface area contributed by atoms with Crippen molar-refractivity contribution in [3.05, 3.63) is 57.0 Å². The molecule has 2 aromatic rings. The number of nitrogens with one attached hydrogen (secondary N) is 1. The van der Waals surface area contributed by atoms with Crippen LogP contribution in [0.4, 0.5) is 0 Å². The molecule has 4 heteroatoms. The molecular formula is C13H13ClN2O. The highest BCUT2D eigenvalue weighted by atomic mass is 35.5. The van der Waals surface area contributed by atoms with Crippen LogP contribution in [0.2, 0.25) is 5.02 Å². The van der Waals surface area contributed by atoms with Gasteiger partial charge in [0, 0.05) is 22.7 Å². The monoisotopic (exact) mass is 248 g/mol. The SMILES string of the molecule is O=c1cc(C2CC2)[nH]n1Cc1cccc(Cl)c1. The number of hydrogen-bond acceptors (Lipinski definition) is 1. The second kappa shape index (κ2) is 4.08.